The molecule has 0 atom stereocenters. The predicted molar refractivity (Wildman–Crippen MR) is 186 cm³/mol. The van der Waals surface area contributed by atoms with Gasteiger partial charge in [0.1, 0.15) is 11.0 Å². The Morgan fingerprint density at radius 3 is 2.22 bits per heavy atom. The molecule has 1 aliphatic carbocycles. The van der Waals surface area contributed by atoms with Gasteiger partial charge in [-0.15, -0.1) is 0 Å². The first-order chi connectivity index (χ1) is 23.5. The fraction of sp³-hybridized carbons (Fsp3) is 0.125. The van der Waals surface area contributed by atoms with Gasteiger partial charge in [0, 0.05) is 37.7 Å². The second kappa shape index (κ2) is 11.9. The van der Waals surface area contributed by atoms with E-state index in [2.05, 4.69) is 13.2 Å². The highest BCUT2D eigenvalue weighted by molar-refractivity contribution is 6.26. The largest absolute Gasteiger partial charge is 0.469 e. The Bertz CT molecular complexity index is 2620. The van der Waals surface area contributed by atoms with Gasteiger partial charge in [-0.25, -0.2) is 4.57 Å². The Hall–Kier alpha value is -5.96. The first-order valence-corrected chi connectivity index (χ1v) is 15.5. The molecule has 0 unspecified atom stereocenters. The van der Waals surface area contributed by atoms with Gasteiger partial charge in [-0.3, -0.25) is 14.4 Å². The van der Waals surface area contributed by atoms with Crippen molar-refractivity contribution in [2.75, 3.05) is 7.11 Å². The molecular formula is C40H28F3NO5. The maximum absolute atomic E-state index is 14.5. The number of nitrogens with zero attached hydrogens (tertiary/aromatic N) is 1. The van der Waals surface area contributed by atoms with Crippen LogP contribution in [0, 0.1) is 0 Å². The molecule has 2 heterocycles. The zero-order valence-electron chi connectivity index (χ0n) is 26.3. The summed E-state index contributed by atoms with van der Waals surface area (Å²) in [5.41, 5.74) is 1.97. The summed E-state index contributed by atoms with van der Waals surface area (Å²) in [6.45, 7) is 7.86. The van der Waals surface area contributed by atoms with Crippen molar-refractivity contribution in [3.63, 3.8) is 0 Å². The predicted octanol–water partition coefficient (Wildman–Crippen LogP) is 7.20. The topological polar surface area (TPSA) is 78.5 Å². The van der Waals surface area contributed by atoms with Crippen LogP contribution in [-0.2, 0) is 22.1 Å². The summed E-state index contributed by atoms with van der Waals surface area (Å²) >= 11 is 0. The molecule has 1 aliphatic rings. The second-order valence-electron chi connectivity index (χ2n) is 11.8. The molecule has 49 heavy (non-hydrogen) atoms. The number of allylic oxidation sites excluding steroid dienone is 4. The number of pyridine rings is 1. The molecule has 244 valence electrons. The number of methoxy groups -OCH3 is 1. The third kappa shape index (κ3) is 5.18. The Balaban J connectivity index is 1.67. The number of carbonyl (C=O) groups is 1. The number of ether oxygens (including phenoxy) is 1. The molecule has 0 radical (unpaired) electrons. The summed E-state index contributed by atoms with van der Waals surface area (Å²) in [6.07, 6.45) is 5.99. The molecule has 9 heteroatoms. The average Bonchev–Trinajstić information content (AvgIpc) is 3.10. The molecule has 4 aromatic carbocycles. The minimum atomic E-state index is -4.54. The maximum Gasteiger partial charge on any atom is 0.416 e. The van der Waals surface area contributed by atoms with Gasteiger partial charge in [0.15, 0.2) is 0 Å². The number of fused-ring (bicyclic) bond motifs is 2. The molecule has 0 bridgehead atoms. The van der Waals surface area contributed by atoms with E-state index in [0.29, 0.717) is 49.6 Å². The van der Waals surface area contributed by atoms with Crippen molar-refractivity contribution < 1.29 is 27.1 Å². The molecular weight excluding hydrogens is 631 g/mol. The third-order valence-electron chi connectivity index (χ3n) is 8.94. The zero-order chi connectivity index (χ0) is 34.6. The summed E-state index contributed by atoms with van der Waals surface area (Å²) in [6, 6.07) is 14.5. The number of aromatic nitrogens is 1. The highest BCUT2D eigenvalue weighted by atomic mass is 19.4. The highest BCUT2D eigenvalue weighted by Gasteiger charge is 2.31. The number of esters is 1. The van der Waals surface area contributed by atoms with Crippen LogP contribution in [0.25, 0.3) is 67.1 Å². The molecule has 0 amide bonds. The Kier molecular flexibility index (Phi) is 7.70. The van der Waals surface area contributed by atoms with Gasteiger partial charge in [-0.2, -0.15) is 13.2 Å². The van der Waals surface area contributed by atoms with Crippen LogP contribution in [-0.4, -0.2) is 17.6 Å². The van der Waals surface area contributed by atoms with Gasteiger partial charge < -0.3 is 9.15 Å². The molecule has 0 fully saturated rings. The molecule has 6 nitrogen and oxygen atoms in total. The smallest absolute Gasteiger partial charge is 0.416 e. The van der Waals surface area contributed by atoms with E-state index >= 15 is 0 Å². The fourth-order valence-electron chi connectivity index (χ4n) is 6.66. The summed E-state index contributed by atoms with van der Waals surface area (Å²) in [5.74, 6) is -0.436. The first-order valence-electron chi connectivity index (χ1n) is 15.5. The van der Waals surface area contributed by atoms with E-state index in [1.54, 1.807) is 54.6 Å². The molecule has 0 saturated carbocycles. The van der Waals surface area contributed by atoms with Crippen molar-refractivity contribution in [2.45, 2.75) is 25.4 Å². The van der Waals surface area contributed by atoms with Crippen molar-refractivity contribution >= 4 is 56.2 Å². The van der Waals surface area contributed by atoms with E-state index in [1.807, 2.05) is 12.2 Å². The normalized spacial score (nSPS) is 13.3. The number of rotatable bonds is 7. The lowest BCUT2D eigenvalue weighted by molar-refractivity contribution is -0.140. The summed E-state index contributed by atoms with van der Waals surface area (Å²) in [7, 11) is 1.29. The van der Waals surface area contributed by atoms with Crippen molar-refractivity contribution in [3.8, 4) is 16.8 Å². The molecule has 6 aromatic rings. The van der Waals surface area contributed by atoms with E-state index in [-0.39, 0.29) is 22.9 Å². The fourth-order valence-corrected chi connectivity index (χ4v) is 6.66. The van der Waals surface area contributed by atoms with Gasteiger partial charge >= 0.3 is 12.1 Å². The van der Waals surface area contributed by atoms with Gasteiger partial charge in [0.2, 0.25) is 0 Å². The van der Waals surface area contributed by atoms with Gasteiger partial charge in [-0.05, 0) is 77.6 Å². The van der Waals surface area contributed by atoms with Crippen LogP contribution in [0.2, 0.25) is 0 Å². The molecule has 0 N–H and O–H groups in total. The maximum atomic E-state index is 14.5. The van der Waals surface area contributed by atoms with Gasteiger partial charge in [0.05, 0.1) is 24.8 Å². The van der Waals surface area contributed by atoms with Crippen molar-refractivity contribution in [1.29, 1.82) is 0 Å². The Labute approximate surface area is 277 Å². The van der Waals surface area contributed by atoms with E-state index < -0.39 is 28.8 Å². The number of alkyl halides is 3. The molecule has 0 aliphatic heterocycles. The van der Waals surface area contributed by atoms with Crippen LogP contribution < -0.4 is 21.8 Å². The number of carbonyl (C=O) groups excluding carboxylic acids is 1. The lowest BCUT2D eigenvalue weighted by Gasteiger charge is -2.20. The van der Waals surface area contributed by atoms with E-state index in [0.717, 1.165) is 40.1 Å². The van der Waals surface area contributed by atoms with Crippen molar-refractivity contribution in [2.24, 2.45) is 0 Å². The van der Waals surface area contributed by atoms with Crippen LogP contribution in [0.4, 0.5) is 13.2 Å². The molecule has 0 saturated heterocycles. The van der Waals surface area contributed by atoms with E-state index in [9.17, 15) is 27.6 Å². The summed E-state index contributed by atoms with van der Waals surface area (Å²) in [4.78, 5) is 40.7. The van der Waals surface area contributed by atoms with Crippen LogP contribution in [0.3, 0.4) is 0 Å². The Morgan fingerprint density at radius 1 is 0.918 bits per heavy atom. The minimum absolute atomic E-state index is 0.0124. The number of halogens is 3. The van der Waals surface area contributed by atoms with Gasteiger partial charge in [-0.1, -0.05) is 61.7 Å². The van der Waals surface area contributed by atoms with Crippen LogP contribution >= 0.6 is 0 Å². The van der Waals surface area contributed by atoms with E-state index in [4.69, 9.17) is 9.15 Å². The second-order valence-corrected chi connectivity index (χ2v) is 11.8. The standard InChI is InChI=1S/C40H28F3NO5/c1-4-8-23(5-2)28-20-30-35-31(39(47)44(38(30)46)26-17-11-22(12-18-26)19-33(45)48-3)21-29(24-13-15-25(16-14-24)40(41,42)43)37-36(35)34(28)27-9-6-7-10-32(27)49-37/h4-5,8-18,20-21H,1-2,6-7,19H2,3H3/b23-8+. The van der Waals surface area contributed by atoms with Gasteiger partial charge in [0.25, 0.3) is 11.1 Å². The average molecular weight is 660 g/mol. The third-order valence-corrected chi connectivity index (χ3v) is 8.94. The van der Waals surface area contributed by atoms with Crippen molar-refractivity contribution in [3.05, 3.63) is 140 Å². The highest BCUT2D eigenvalue weighted by Crippen LogP contribution is 2.41. The Morgan fingerprint density at radius 2 is 1.59 bits per heavy atom. The summed E-state index contributed by atoms with van der Waals surface area (Å²) in [5, 5.41) is 2.86. The van der Waals surface area contributed by atoms with Crippen LogP contribution in [0.5, 0.6) is 0 Å². The SMILES string of the molecule is C=C/C=C(\C=C)c1cc2c(=O)n(-c3ccc(CC(=O)OC)cc3)c(=O)c3cc(-c4ccc(C(F)(F)F)cc4)c4oc5c(c1c4c32)=CCCC=5. The summed E-state index contributed by atoms with van der Waals surface area (Å²) < 4.78 is 53.0. The molecule has 7 rings (SSSR count). The zero-order valence-corrected chi connectivity index (χ0v) is 26.3. The molecule has 2 aromatic heterocycles. The monoisotopic (exact) mass is 659 g/mol. The molecule has 0 spiro atoms. The number of benzene rings is 4. The number of hydrogen-bond donors (Lipinski definition) is 0. The minimum Gasteiger partial charge on any atom is -0.469 e. The van der Waals surface area contributed by atoms with E-state index in [1.165, 1.54) is 19.2 Å². The lowest BCUT2D eigenvalue weighted by atomic mass is 9.87. The van der Waals surface area contributed by atoms with Crippen LogP contribution in [0.1, 0.15) is 29.5 Å². The van der Waals surface area contributed by atoms with Crippen LogP contribution in [0.15, 0.2) is 106 Å². The first kappa shape index (κ1) is 31.6. The number of hydrogen-bond acceptors (Lipinski definition) is 5. The lowest BCUT2D eigenvalue weighted by Crippen LogP contribution is -2.33. The quantitative estimate of drug-likeness (QED) is 0.103. The van der Waals surface area contributed by atoms with Crippen molar-refractivity contribution in [1.82, 2.24) is 4.57 Å².